The van der Waals surface area contributed by atoms with Crippen LogP contribution in [0.1, 0.15) is 48.5 Å². The molecule has 2 aromatic rings. The Morgan fingerprint density at radius 2 is 1.91 bits per heavy atom. The van der Waals surface area contributed by atoms with Crippen LogP contribution in [-0.4, -0.2) is 32.1 Å². The summed E-state index contributed by atoms with van der Waals surface area (Å²) in [5.41, 5.74) is 3.84. The third-order valence-corrected chi connectivity index (χ3v) is 5.45. The summed E-state index contributed by atoms with van der Waals surface area (Å²) in [5, 5.41) is 1.31. The molecule has 1 aromatic carbocycles. The number of hydrogen-bond donors (Lipinski definition) is 0. The molecule has 1 aliphatic carbocycles. The highest BCUT2D eigenvalue weighted by Gasteiger charge is 2.24. The van der Waals surface area contributed by atoms with Crippen molar-refractivity contribution in [1.29, 1.82) is 0 Å². The number of furan rings is 1. The summed E-state index contributed by atoms with van der Waals surface area (Å²) in [6.07, 6.45) is 7.24. The van der Waals surface area contributed by atoms with Crippen molar-refractivity contribution in [3.8, 4) is 5.75 Å². The van der Waals surface area contributed by atoms with Crippen molar-refractivity contribution in [3.63, 3.8) is 0 Å². The molecule has 0 N–H and O–H groups in total. The lowest BCUT2D eigenvalue weighted by molar-refractivity contribution is 0.255. The predicted molar refractivity (Wildman–Crippen MR) is 88.9 cm³/mol. The van der Waals surface area contributed by atoms with Gasteiger partial charge in [0.2, 0.25) is 0 Å². The van der Waals surface area contributed by atoms with Gasteiger partial charge in [0.25, 0.3) is 0 Å². The Balaban J connectivity index is 1.79. The van der Waals surface area contributed by atoms with Crippen LogP contribution in [0.4, 0.5) is 0 Å². The van der Waals surface area contributed by atoms with Crippen molar-refractivity contribution in [2.75, 3.05) is 27.2 Å². The zero-order valence-corrected chi connectivity index (χ0v) is 13.7. The van der Waals surface area contributed by atoms with E-state index in [4.69, 9.17) is 9.15 Å². The van der Waals surface area contributed by atoms with E-state index in [0.717, 1.165) is 24.2 Å². The van der Waals surface area contributed by atoms with E-state index in [-0.39, 0.29) is 0 Å². The van der Waals surface area contributed by atoms with Crippen LogP contribution >= 0.6 is 0 Å². The first kappa shape index (κ1) is 14.1. The second kappa shape index (κ2) is 5.62. The summed E-state index contributed by atoms with van der Waals surface area (Å²) in [4.78, 5) is 2.42. The minimum absolute atomic E-state index is 0.656. The van der Waals surface area contributed by atoms with Crippen LogP contribution < -0.4 is 4.74 Å². The lowest BCUT2D eigenvalue weighted by atomic mass is 9.87. The van der Waals surface area contributed by atoms with Crippen LogP contribution in [0.2, 0.25) is 0 Å². The maximum atomic E-state index is 6.14. The highest BCUT2D eigenvalue weighted by Crippen LogP contribution is 2.40. The molecule has 1 aromatic heterocycles. The molecular weight excluding hydrogens is 274 g/mol. The molecule has 2 heterocycles. The highest BCUT2D eigenvalue weighted by atomic mass is 16.5. The van der Waals surface area contributed by atoms with Gasteiger partial charge in [-0.3, -0.25) is 0 Å². The van der Waals surface area contributed by atoms with Gasteiger partial charge in [-0.15, -0.1) is 0 Å². The van der Waals surface area contributed by atoms with Gasteiger partial charge in [-0.1, -0.05) is 0 Å². The van der Waals surface area contributed by atoms with Gasteiger partial charge in [-0.05, 0) is 75.9 Å². The minimum Gasteiger partial charge on any atom is -0.493 e. The number of fused-ring (bicyclic) bond motifs is 3. The molecular formula is C19H25NO2. The molecule has 22 heavy (non-hydrogen) atoms. The first-order chi connectivity index (χ1) is 10.8. The largest absolute Gasteiger partial charge is 0.493 e. The number of likely N-dealkylation sites (tertiary alicyclic amines) is 1. The zero-order chi connectivity index (χ0) is 15.1. The van der Waals surface area contributed by atoms with Crippen LogP contribution in [0.3, 0.4) is 0 Å². The summed E-state index contributed by atoms with van der Waals surface area (Å²) < 4.78 is 11.8. The lowest BCUT2D eigenvalue weighted by Gasteiger charge is -2.29. The Morgan fingerprint density at radius 3 is 2.68 bits per heavy atom. The Labute approximate surface area is 132 Å². The summed E-state index contributed by atoms with van der Waals surface area (Å²) in [7, 11) is 3.97. The van der Waals surface area contributed by atoms with E-state index < -0.39 is 0 Å². The Kier molecular flexibility index (Phi) is 3.61. The predicted octanol–water partition coefficient (Wildman–Crippen LogP) is 4.13. The monoisotopic (exact) mass is 299 g/mol. The number of hydrogen-bond acceptors (Lipinski definition) is 3. The number of piperidine rings is 1. The minimum atomic E-state index is 0.656. The first-order valence-electron chi connectivity index (χ1n) is 8.57. The van der Waals surface area contributed by atoms with Gasteiger partial charge < -0.3 is 14.1 Å². The maximum Gasteiger partial charge on any atom is 0.176 e. The van der Waals surface area contributed by atoms with Crippen LogP contribution in [0.25, 0.3) is 11.0 Å². The average Bonchev–Trinajstić information content (AvgIpc) is 2.93. The molecule has 118 valence electrons. The summed E-state index contributed by atoms with van der Waals surface area (Å²) >= 11 is 0. The molecule has 0 unspecified atom stereocenters. The third-order valence-electron chi connectivity index (χ3n) is 5.45. The highest BCUT2D eigenvalue weighted by molar-refractivity contribution is 5.88. The smallest absolute Gasteiger partial charge is 0.176 e. The fraction of sp³-hybridized carbons (Fsp3) is 0.579. The van der Waals surface area contributed by atoms with Crippen molar-refractivity contribution in [1.82, 2.24) is 4.90 Å². The third kappa shape index (κ3) is 2.32. The van der Waals surface area contributed by atoms with Gasteiger partial charge >= 0.3 is 0 Å². The second-order valence-electron chi connectivity index (χ2n) is 6.89. The molecule has 4 rings (SSSR count). The van der Waals surface area contributed by atoms with Crippen molar-refractivity contribution in [2.45, 2.75) is 44.4 Å². The molecule has 0 radical (unpaired) electrons. The molecule has 0 atom stereocenters. The van der Waals surface area contributed by atoms with E-state index in [1.165, 1.54) is 61.0 Å². The summed E-state index contributed by atoms with van der Waals surface area (Å²) in [5.74, 6) is 2.77. The first-order valence-corrected chi connectivity index (χ1v) is 8.57. The van der Waals surface area contributed by atoms with E-state index in [2.05, 4.69) is 24.1 Å². The zero-order valence-electron chi connectivity index (χ0n) is 13.7. The Hall–Kier alpha value is -1.48. The van der Waals surface area contributed by atoms with Gasteiger partial charge in [-0.2, -0.15) is 0 Å². The number of ether oxygens (including phenoxy) is 1. The molecule has 0 amide bonds. The van der Waals surface area contributed by atoms with E-state index in [9.17, 15) is 0 Å². The van der Waals surface area contributed by atoms with Crippen LogP contribution in [0.15, 0.2) is 16.5 Å². The molecule has 1 fully saturated rings. The number of aryl methyl sites for hydroxylation is 2. The molecule has 0 spiro atoms. The SMILES string of the molecule is COc1cc(C2CCN(C)CC2)cc2c3c(oc12)CCCC3. The van der Waals surface area contributed by atoms with Crippen molar-refractivity contribution < 1.29 is 9.15 Å². The van der Waals surface area contributed by atoms with E-state index in [0.29, 0.717) is 5.92 Å². The van der Waals surface area contributed by atoms with Crippen molar-refractivity contribution in [2.24, 2.45) is 0 Å². The quantitative estimate of drug-likeness (QED) is 0.834. The lowest BCUT2D eigenvalue weighted by Crippen LogP contribution is -2.29. The van der Waals surface area contributed by atoms with Crippen molar-refractivity contribution >= 4 is 11.0 Å². The molecule has 0 saturated carbocycles. The number of nitrogens with zero attached hydrogens (tertiary/aromatic N) is 1. The van der Waals surface area contributed by atoms with Gasteiger partial charge in [0.1, 0.15) is 5.76 Å². The topological polar surface area (TPSA) is 25.6 Å². The fourth-order valence-corrected chi connectivity index (χ4v) is 4.08. The summed E-state index contributed by atoms with van der Waals surface area (Å²) in [6.45, 7) is 2.38. The van der Waals surface area contributed by atoms with Crippen LogP contribution in [-0.2, 0) is 12.8 Å². The molecule has 3 heteroatoms. The molecule has 3 nitrogen and oxygen atoms in total. The van der Waals surface area contributed by atoms with Gasteiger partial charge in [-0.25, -0.2) is 0 Å². The van der Waals surface area contributed by atoms with Gasteiger partial charge in [0.15, 0.2) is 11.3 Å². The molecule has 1 saturated heterocycles. The second-order valence-corrected chi connectivity index (χ2v) is 6.89. The molecule has 2 aliphatic rings. The van der Waals surface area contributed by atoms with Crippen LogP contribution in [0.5, 0.6) is 5.75 Å². The van der Waals surface area contributed by atoms with Gasteiger partial charge in [0, 0.05) is 17.4 Å². The van der Waals surface area contributed by atoms with E-state index in [1.54, 1.807) is 7.11 Å². The Morgan fingerprint density at radius 1 is 1.14 bits per heavy atom. The number of rotatable bonds is 2. The van der Waals surface area contributed by atoms with Gasteiger partial charge in [0.05, 0.1) is 7.11 Å². The average molecular weight is 299 g/mol. The Bertz CT molecular complexity index is 680. The van der Waals surface area contributed by atoms with Crippen LogP contribution in [0, 0.1) is 0 Å². The maximum absolute atomic E-state index is 6.14. The summed E-state index contributed by atoms with van der Waals surface area (Å²) in [6, 6.07) is 4.61. The fourth-order valence-electron chi connectivity index (χ4n) is 4.08. The number of benzene rings is 1. The van der Waals surface area contributed by atoms with E-state index >= 15 is 0 Å². The molecule has 1 aliphatic heterocycles. The van der Waals surface area contributed by atoms with Crippen molar-refractivity contribution in [3.05, 3.63) is 29.0 Å². The normalized spacial score (nSPS) is 20.3. The number of methoxy groups -OCH3 is 1. The van der Waals surface area contributed by atoms with E-state index in [1.807, 2.05) is 0 Å². The molecule has 0 bridgehead atoms. The standard InChI is InChI=1S/C19H25NO2/c1-20-9-7-13(8-10-20)14-11-16-15-5-3-4-6-17(15)22-19(16)18(12-14)21-2/h11-13H,3-10H2,1-2H3.